The van der Waals surface area contributed by atoms with E-state index in [1.165, 1.54) is 30.6 Å². The molecule has 9 nitrogen and oxygen atoms in total. The number of amides is 2. The molecule has 0 spiro atoms. The second-order valence-electron chi connectivity index (χ2n) is 6.14. The molecule has 2 amide bonds. The zero-order valence-electron chi connectivity index (χ0n) is 14.2. The van der Waals surface area contributed by atoms with E-state index in [0.717, 1.165) is 4.90 Å². The Kier molecular flexibility index (Phi) is 4.38. The van der Waals surface area contributed by atoms with Crippen LogP contribution in [-0.2, 0) is 24.2 Å². The minimum atomic E-state index is -4.95. The number of carbonyl (C=O) groups is 2. The van der Waals surface area contributed by atoms with Crippen molar-refractivity contribution < 1.29 is 36.0 Å². The van der Waals surface area contributed by atoms with E-state index in [-0.39, 0.29) is 6.54 Å². The number of nitrogens with zero attached hydrogens (tertiary/aromatic N) is 2. The van der Waals surface area contributed by atoms with Crippen molar-refractivity contribution in [1.29, 1.82) is 0 Å². The lowest BCUT2D eigenvalue weighted by Gasteiger charge is -2.28. The van der Waals surface area contributed by atoms with E-state index in [4.69, 9.17) is 9.29 Å². The fraction of sp³-hybridized carbons (Fsp3) is 0.250. The summed E-state index contributed by atoms with van der Waals surface area (Å²) in [5.74, 6) is -1.10. The third-order valence-electron chi connectivity index (χ3n) is 4.52. The van der Waals surface area contributed by atoms with Gasteiger partial charge in [0.15, 0.2) is 6.04 Å². The highest BCUT2D eigenvalue weighted by Gasteiger charge is 2.53. The fourth-order valence-electron chi connectivity index (χ4n) is 3.36. The molecule has 1 aromatic carbocycles. The molecule has 1 fully saturated rings. The minimum absolute atomic E-state index is 0.0271. The topological polar surface area (TPSA) is 113 Å². The number of hydrogen-bond acceptors (Lipinski definition) is 7. The number of rotatable bonds is 4. The van der Waals surface area contributed by atoms with Crippen LogP contribution in [0.1, 0.15) is 22.5 Å². The first-order valence-corrected chi connectivity index (χ1v) is 10.1. The maximum atomic E-state index is 13.2. The third-order valence-corrected chi connectivity index (χ3v) is 6.13. The smallest absolute Gasteiger partial charge is 0.418 e. The summed E-state index contributed by atoms with van der Waals surface area (Å²) < 4.78 is 53.8. The van der Waals surface area contributed by atoms with Gasteiger partial charge in [0, 0.05) is 9.75 Å². The summed E-state index contributed by atoms with van der Waals surface area (Å²) in [5.41, 5.74) is 1.18. The fourth-order valence-corrected chi connectivity index (χ4v) is 5.06. The second-order valence-corrected chi connectivity index (χ2v) is 8.23. The highest BCUT2D eigenvalue weighted by molar-refractivity contribution is 7.80. The van der Waals surface area contributed by atoms with Crippen molar-refractivity contribution in [2.45, 2.75) is 12.1 Å². The van der Waals surface area contributed by atoms with Crippen molar-refractivity contribution in [2.75, 3.05) is 13.7 Å². The lowest BCUT2D eigenvalue weighted by molar-refractivity contribution is -0.146. The molecule has 2 atom stereocenters. The second kappa shape index (κ2) is 6.51. The Morgan fingerprint density at radius 2 is 2.00 bits per heavy atom. The van der Waals surface area contributed by atoms with Crippen LogP contribution in [-0.4, -0.2) is 48.6 Å². The number of urea groups is 1. The molecular weight excluding hydrogens is 415 g/mol. The zero-order chi connectivity index (χ0) is 20.2. The van der Waals surface area contributed by atoms with Crippen LogP contribution in [0.4, 0.5) is 9.18 Å². The van der Waals surface area contributed by atoms with Gasteiger partial charge in [-0.15, -0.1) is 15.6 Å². The van der Waals surface area contributed by atoms with Crippen LogP contribution in [0.3, 0.4) is 0 Å². The third kappa shape index (κ3) is 3.03. The summed E-state index contributed by atoms with van der Waals surface area (Å²) in [6.07, 6.45) is 0. The standard InChI is InChI=1S/C16H13FN2O7S2/c1-25-15(20)13-14-10(6-12(27-14)8-2-4-9(17)5-3-8)11-7-18(13)16(21)19(11)26-28(22,23)24/h2-6,11,13H,7H2,1H3,(H,22,23,24)/t11-,13+/m1/s1. The van der Waals surface area contributed by atoms with Crippen LogP contribution >= 0.6 is 11.3 Å². The van der Waals surface area contributed by atoms with Gasteiger partial charge in [0.1, 0.15) is 11.9 Å². The maximum absolute atomic E-state index is 13.2. The monoisotopic (exact) mass is 428 g/mol. The van der Waals surface area contributed by atoms with E-state index in [2.05, 4.69) is 4.28 Å². The number of benzene rings is 1. The largest absolute Gasteiger partial charge is 0.467 e. The van der Waals surface area contributed by atoms with Crippen molar-refractivity contribution >= 4 is 33.7 Å². The molecule has 0 radical (unpaired) electrons. The normalized spacial score (nSPS) is 21.0. The number of methoxy groups -OCH3 is 1. The van der Waals surface area contributed by atoms with Crippen molar-refractivity contribution in [3.63, 3.8) is 0 Å². The first kappa shape index (κ1) is 18.8. The molecule has 2 aliphatic heterocycles. The van der Waals surface area contributed by atoms with Gasteiger partial charge in [-0.2, -0.15) is 13.5 Å². The summed E-state index contributed by atoms with van der Waals surface area (Å²) in [4.78, 5) is 27.2. The van der Waals surface area contributed by atoms with Crippen LogP contribution in [0.15, 0.2) is 30.3 Å². The Hall–Kier alpha value is -2.54. The van der Waals surface area contributed by atoms with Crippen LogP contribution in [0, 0.1) is 5.82 Å². The molecule has 0 aliphatic carbocycles. The van der Waals surface area contributed by atoms with E-state index in [9.17, 15) is 22.4 Å². The van der Waals surface area contributed by atoms with Crippen molar-refractivity contribution in [3.05, 3.63) is 46.6 Å². The molecular formula is C16H13FN2O7S2. The van der Waals surface area contributed by atoms with E-state index < -0.39 is 40.3 Å². The number of halogens is 1. The summed E-state index contributed by atoms with van der Waals surface area (Å²) in [6, 6.07) is 4.58. The average molecular weight is 428 g/mol. The quantitative estimate of drug-likeness (QED) is 0.587. The van der Waals surface area contributed by atoms with E-state index in [1.54, 1.807) is 18.2 Å². The van der Waals surface area contributed by atoms with Crippen molar-refractivity contribution in [2.24, 2.45) is 0 Å². The predicted octanol–water partition coefficient (Wildman–Crippen LogP) is 2.29. The molecule has 148 valence electrons. The van der Waals surface area contributed by atoms with Crippen LogP contribution in [0.2, 0.25) is 0 Å². The number of carbonyl (C=O) groups excluding carboxylic acids is 2. The van der Waals surface area contributed by atoms with Gasteiger partial charge in [-0.05, 0) is 29.3 Å². The molecule has 2 aromatic rings. The number of hydroxylamine groups is 2. The molecule has 12 heteroatoms. The predicted molar refractivity (Wildman–Crippen MR) is 93.8 cm³/mol. The molecule has 1 N–H and O–H groups in total. The molecule has 4 rings (SSSR count). The highest BCUT2D eigenvalue weighted by atomic mass is 32.3. The van der Waals surface area contributed by atoms with Gasteiger partial charge < -0.3 is 9.64 Å². The SMILES string of the molecule is COC(=O)[C@@H]1c2sc(-c3ccc(F)cc3)cc2[C@H]2CN1C(=O)N2OS(=O)(=O)O. The minimum Gasteiger partial charge on any atom is -0.467 e. The summed E-state index contributed by atoms with van der Waals surface area (Å²) >= 11 is 1.20. The lowest BCUT2D eigenvalue weighted by atomic mass is 9.98. The van der Waals surface area contributed by atoms with E-state index in [0.29, 0.717) is 25.9 Å². The van der Waals surface area contributed by atoms with Crippen LogP contribution in [0.25, 0.3) is 10.4 Å². The molecule has 0 saturated carbocycles. The first-order chi connectivity index (χ1) is 13.2. The summed E-state index contributed by atoms with van der Waals surface area (Å²) in [5, 5.41) is 0.526. The lowest BCUT2D eigenvalue weighted by Crippen LogP contribution is -2.38. The Bertz CT molecular complexity index is 1070. The van der Waals surface area contributed by atoms with Gasteiger partial charge in [-0.3, -0.25) is 4.55 Å². The molecule has 2 bridgehead atoms. The average Bonchev–Trinajstić information content (AvgIpc) is 3.18. The molecule has 0 unspecified atom stereocenters. The number of thiophene rings is 1. The number of esters is 1. The van der Waals surface area contributed by atoms with Gasteiger partial charge in [0.25, 0.3) is 0 Å². The molecule has 3 heterocycles. The van der Waals surface area contributed by atoms with Crippen molar-refractivity contribution in [1.82, 2.24) is 9.96 Å². The number of ether oxygens (including phenoxy) is 1. The van der Waals surface area contributed by atoms with E-state index >= 15 is 0 Å². The van der Waals surface area contributed by atoms with Crippen LogP contribution in [0.5, 0.6) is 0 Å². The van der Waals surface area contributed by atoms with Crippen LogP contribution < -0.4 is 0 Å². The number of hydrogen-bond donors (Lipinski definition) is 1. The summed E-state index contributed by atoms with van der Waals surface area (Å²) in [6.45, 7) is -0.0271. The first-order valence-electron chi connectivity index (χ1n) is 7.94. The van der Waals surface area contributed by atoms with Gasteiger partial charge in [0.2, 0.25) is 0 Å². The van der Waals surface area contributed by atoms with Gasteiger partial charge in [0.05, 0.1) is 13.7 Å². The van der Waals surface area contributed by atoms with Gasteiger partial charge >= 0.3 is 22.4 Å². The molecule has 1 saturated heterocycles. The van der Waals surface area contributed by atoms with Gasteiger partial charge in [-0.25, -0.2) is 14.0 Å². The molecule has 2 aliphatic rings. The molecule has 28 heavy (non-hydrogen) atoms. The Morgan fingerprint density at radius 3 is 2.61 bits per heavy atom. The van der Waals surface area contributed by atoms with Crippen molar-refractivity contribution in [3.8, 4) is 10.4 Å². The van der Waals surface area contributed by atoms with Gasteiger partial charge in [-0.1, -0.05) is 12.1 Å². The Labute approximate surface area is 162 Å². The number of fused-ring (bicyclic) bond motifs is 4. The molecule has 1 aromatic heterocycles. The Balaban J connectivity index is 1.83. The zero-order valence-corrected chi connectivity index (χ0v) is 15.9. The maximum Gasteiger partial charge on any atom is 0.418 e. The highest BCUT2D eigenvalue weighted by Crippen LogP contribution is 2.49. The Morgan fingerprint density at radius 1 is 1.32 bits per heavy atom. The summed E-state index contributed by atoms with van der Waals surface area (Å²) in [7, 11) is -3.77. The van der Waals surface area contributed by atoms with E-state index in [1.807, 2.05) is 0 Å².